The lowest BCUT2D eigenvalue weighted by molar-refractivity contribution is 1.18. The Labute approximate surface area is 350 Å². The summed E-state index contributed by atoms with van der Waals surface area (Å²) < 4.78 is 2.37. The first-order valence-electron chi connectivity index (χ1n) is 20.6. The van der Waals surface area contributed by atoms with Crippen molar-refractivity contribution in [2.24, 2.45) is 0 Å². The smallest absolute Gasteiger partial charge is 0.0542 e. The van der Waals surface area contributed by atoms with Gasteiger partial charge in [0.1, 0.15) is 0 Å². The number of benzene rings is 10. The third kappa shape index (κ3) is 6.16. The minimum absolute atomic E-state index is 1.10. The van der Waals surface area contributed by atoms with Crippen LogP contribution in [0.5, 0.6) is 0 Å². The van der Waals surface area contributed by atoms with Gasteiger partial charge < -0.3 is 14.4 Å². The van der Waals surface area contributed by atoms with Crippen molar-refractivity contribution in [1.82, 2.24) is 4.57 Å². The first kappa shape index (κ1) is 35.3. The molecule has 284 valence electrons. The predicted molar refractivity (Wildman–Crippen MR) is 255 cm³/mol. The predicted octanol–water partition coefficient (Wildman–Crippen LogP) is 16.0. The molecule has 0 N–H and O–H groups in total. The maximum atomic E-state index is 2.38. The highest BCUT2D eigenvalue weighted by Crippen LogP contribution is 2.44. The summed E-state index contributed by atoms with van der Waals surface area (Å²) in [5.41, 5.74) is 13.9. The average Bonchev–Trinajstić information content (AvgIpc) is 3.64. The maximum Gasteiger partial charge on any atom is 0.0542 e. The van der Waals surface area contributed by atoms with Crippen molar-refractivity contribution in [1.29, 1.82) is 0 Å². The Hall–Kier alpha value is -7.88. The minimum atomic E-state index is 1.10. The molecular weight excluding hydrogens is 727 g/mol. The number of anilines is 6. The van der Waals surface area contributed by atoms with Crippen LogP contribution in [0, 0.1) is 6.92 Å². The molecule has 0 saturated heterocycles. The van der Waals surface area contributed by atoms with E-state index in [2.05, 4.69) is 252 Å². The van der Waals surface area contributed by atoms with Gasteiger partial charge in [-0.3, -0.25) is 0 Å². The van der Waals surface area contributed by atoms with E-state index in [1.807, 2.05) is 0 Å². The van der Waals surface area contributed by atoms with Crippen LogP contribution in [0.4, 0.5) is 34.1 Å². The van der Waals surface area contributed by atoms with E-state index in [4.69, 9.17) is 0 Å². The lowest BCUT2D eigenvalue weighted by Gasteiger charge is -2.28. The molecule has 0 radical (unpaired) electrons. The highest BCUT2D eigenvalue weighted by molar-refractivity contribution is 6.11. The molecule has 0 saturated carbocycles. The van der Waals surface area contributed by atoms with Gasteiger partial charge in [0, 0.05) is 50.3 Å². The Bertz CT molecular complexity index is 3310. The molecule has 3 nitrogen and oxygen atoms in total. The molecule has 0 aliphatic heterocycles. The van der Waals surface area contributed by atoms with Gasteiger partial charge in [-0.1, -0.05) is 145 Å². The van der Waals surface area contributed by atoms with Crippen LogP contribution < -0.4 is 9.80 Å². The molecule has 3 heteroatoms. The van der Waals surface area contributed by atoms with Gasteiger partial charge in [0.15, 0.2) is 0 Å². The Balaban J connectivity index is 1.02. The summed E-state index contributed by atoms with van der Waals surface area (Å²) in [6.07, 6.45) is 0. The number of hydrogen-bond acceptors (Lipinski definition) is 2. The van der Waals surface area contributed by atoms with Crippen LogP contribution in [-0.2, 0) is 0 Å². The molecule has 0 atom stereocenters. The van der Waals surface area contributed by atoms with Crippen molar-refractivity contribution in [3.8, 4) is 16.8 Å². The van der Waals surface area contributed by atoms with Crippen molar-refractivity contribution in [3.05, 3.63) is 236 Å². The molecular formula is C57H41N3. The monoisotopic (exact) mass is 767 g/mol. The summed E-state index contributed by atoms with van der Waals surface area (Å²) in [6, 6.07) is 83.6. The number of para-hydroxylation sites is 3. The standard InChI is InChI=1S/C57H41N3/c1-40-24-29-46(30-25-40)58(49-34-36-57-54(39-49)53-22-12-13-23-55(53)60(57)45-18-6-3-7-19-45)47-31-27-42(28-32-47)50-35-37-56(52-21-11-10-20-51(50)52)59(44-16-4-2-5-17-44)48-33-26-41-14-8-9-15-43(41)38-48/h2-39H,1H3. The summed E-state index contributed by atoms with van der Waals surface area (Å²) in [6.45, 7) is 2.14. The largest absolute Gasteiger partial charge is 0.310 e. The van der Waals surface area contributed by atoms with Gasteiger partial charge in [0.25, 0.3) is 0 Å². The van der Waals surface area contributed by atoms with Crippen LogP contribution in [0.2, 0.25) is 0 Å². The van der Waals surface area contributed by atoms with Gasteiger partial charge in [0.2, 0.25) is 0 Å². The number of rotatable bonds is 8. The second-order valence-electron chi connectivity index (χ2n) is 15.5. The molecule has 60 heavy (non-hydrogen) atoms. The van der Waals surface area contributed by atoms with Crippen molar-refractivity contribution in [2.45, 2.75) is 6.92 Å². The molecule has 11 rings (SSSR count). The van der Waals surface area contributed by atoms with Gasteiger partial charge in [-0.05, 0) is 125 Å². The second kappa shape index (κ2) is 14.8. The molecule has 0 bridgehead atoms. The fraction of sp³-hybridized carbons (Fsp3) is 0.0175. The van der Waals surface area contributed by atoms with Gasteiger partial charge in [-0.25, -0.2) is 0 Å². The highest BCUT2D eigenvalue weighted by Gasteiger charge is 2.20. The molecule has 1 heterocycles. The van der Waals surface area contributed by atoms with Gasteiger partial charge >= 0.3 is 0 Å². The Kier molecular flexibility index (Phi) is 8.71. The number of aryl methyl sites for hydroxylation is 1. The summed E-state index contributed by atoms with van der Waals surface area (Å²) in [5.74, 6) is 0. The van der Waals surface area contributed by atoms with Crippen LogP contribution in [0.1, 0.15) is 5.56 Å². The Morgan fingerprint density at radius 2 is 0.883 bits per heavy atom. The summed E-state index contributed by atoms with van der Waals surface area (Å²) in [5, 5.41) is 7.31. The number of aromatic nitrogens is 1. The number of fused-ring (bicyclic) bond motifs is 5. The normalized spacial score (nSPS) is 11.4. The first-order valence-corrected chi connectivity index (χ1v) is 20.6. The highest BCUT2D eigenvalue weighted by atomic mass is 15.1. The topological polar surface area (TPSA) is 11.4 Å². The quantitative estimate of drug-likeness (QED) is 0.153. The fourth-order valence-corrected chi connectivity index (χ4v) is 8.94. The zero-order valence-electron chi connectivity index (χ0n) is 33.3. The fourth-order valence-electron chi connectivity index (χ4n) is 8.94. The summed E-state index contributed by atoms with van der Waals surface area (Å²) in [7, 11) is 0. The van der Waals surface area contributed by atoms with E-state index in [0.29, 0.717) is 0 Å². The first-order chi connectivity index (χ1) is 29.7. The van der Waals surface area contributed by atoms with E-state index in [1.165, 1.54) is 60.0 Å². The van der Waals surface area contributed by atoms with Crippen LogP contribution in [0.15, 0.2) is 231 Å². The maximum absolute atomic E-state index is 2.38. The lowest BCUT2D eigenvalue weighted by atomic mass is 9.96. The van der Waals surface area contributed by atoms with E-state index in [9.17, 15) is 0 Å². The molecule has 0 aliphatic carbocycles. The third-order valence-corrected chi connectivity index (χ3v) is 11.8. The van der Waals surface area contributed by atoms with Crippen LogP contribution in [0.25, 0.3) is 60.2 Å². The Morgan fingerprint density at radius 3 is 1.65 bits per heavy atom. The van der Waals surface area contributed by atoms with E-state index in [0.717, 1.165) is 39.8 Å². The zero-order chi connectivity index (χ0) is 40.0. The van der Waals surface area contributed by atoms with E-state index in [-0.39, 0.29) is 0 Å². The molecule has 11 aromatic rings. The molecule has 0 amide bonds. The van der Waals surface area contributed by atoms with Crippen LogP contribution in [0.3, 0.4) is 0 Å². The SMILES string of the molecule is Cc1ccc(N(c2ccc(-c3ccc(N(c4ccccc4)c4ccc5ccccc5c4)c4ccccc34)cc2)c2ccc3c(c2)c2ccccc2n3-c2ccccc2)cc1. The Morgan fingerprint density at radius 1 is 0.333 bits per heavy atom. The second-order valence-corrected chi connectivity index (χ2v) is 15.5. The molecule has 0 spiro atoms. The lowest BCUT2D eigenvalue weighted by Crippen LogP contribution is -2.10. The van der Waals surface area contributed by atoms with Gasteiger partial charge in [-0.2, -0.15) is 0 Å². The average molecular weight is 768 g/mol. The summed E-state index contributed by atoms with van der Waals surface area (Å²) >= 11 is 0. The zero-order valence-corrected chi connectivity index (χ0v) is 33.3. The molecule has 0 fully saturated rings. The van der Waals surface area contributed by atoms with Crippen molar-refractivity contribution in [3.63, 3.8) is 0 Å². The molecule has 0 aliphatic rings. The number of hydrogen-bond donors (Lipinski definition) is 0. The van der Waals surface area contributed by atoms with Gasteiger partial charge in [-0.15, -0.1) is 0 Å². The third-order valence-electron chi connectivity index (χ3n) is 11.8. The molecule has 10 aromatic carbocycles. The van der Waals surface area contributed by atoms with Crippen molar-refractivity contribution >= 4 is 77.5 Å². The molecule has 1 aromatic heterocycles. The van der Waals surface area contributed by atoms with E-state index in [1.54, 1.807) is 0 Å². The van der Waals surface area contributed by atoms with Crippen molar-refractivity contribution < 1.29 is 0 Å². The van der Waals surface area contributed by atoms with E-state index < -0.39 is 0 Å². The molecule has 0 unspecified atom stereocenters. The van der Waals surface area contributed by atoms with Crippen LogP contribution >= 0.6 is 0 Å². The van der Waals surface area contributed by atoms with Crippen molar-refractivity contribution in [2.75, 3.05) is 9.80 Å². The van der Waals surface area contributed by atoms with Gasteiger partial charge in [0.05, 0.1) is 16.7 Å². The minimum Gasteiger partial charge on any atom is -0.310 e. The number of nitrogens with zero attached hydrogens (tertiary/aromatic N) is 3. The summed E-state index contributed by atoms with van der Waals surface area (Å²) in [4.78, 5) is 4.76. The van der Waals surface area contributed by atoms with E-state index >= 15 is 0 Å². The van der Waals surface area contributed by atoms with Crippen LogP contribution in [-0.4, -0.2) is 4.57 Å².